The van der Waals surface area contributed by atoms with E-state index in [9.17, 15) is 15.3 Å². The lowest BCUT2D eigenvalue weighted by Crippen LogP contribution is -2.24. The summed E-state index contributed by atoms with van der Waals surface area (Å²) < 4.78 is 0. The van der Waals surface area contributed by atoms with Crippen molar-refractivity contribution in [2.75, 3.05) is 6.54 Å². The highest BCUT2D eigenvalue weighted by Crippen LogP contribution is 2.36. The van der Waals surface area contributed by atoms with Crippen molar-refractivity contribution in [3.63, 3.8) is 0 Å². The zero-order valence-electron chi connectivity index (χ0n) is 10.5. The molecule has 0 aliphatic heterocycles. The van der Waals surface area contributed by atoms with Crippen LogP contribution < -0.4 is 5.32 Å². The highest BCUT2D eigenvalue weighted by atomic mass is 16.3. The van der Waals surface area contributed by atoms with Crippen LogP contribution in [0, 0.1) is 5.92 Å². The first-order valence-electron chi connectivity index (χ1n) is 6.62. The van der Waals surface area contributed by atoms with Gasteiger partial charge in [-0.2, -0.15) is 0 Å². The van der Waals surface area contributed by atoms with Crippen molar-refractivity contribution in [3.8, 4) is 17.2 Å². The van der Waals surface area contributed by atoms with Gasteiger partial charge in [0.2, 0.25) is 5.75 Å². The van der Waals surface area contributed by atoms with Crippen molar-refractivity contribution in [3.05, 3.63) is 17.7 Å². The Morgan fingerprint density at radius 3 is 2.44 bits per heavy atom. The first-order valence-corrected chi connectivity index (χ1v) is 6.62. The summed E-state index contributed by atoms with van der Waals surface area (Å²) in [6, 6.07) is 3.02. The van der Waals surface area contributed by atoms with Crippen LogP contribution in [0.15, 0.2) is 12.1 Å². The molecule has 0 aromatic heterocycles. The highest BCUT2D eigenvalue weighted by Gasteiger charge is 2.14. The van der Waals surface area contributed by atoms with Gasteiger partial charge in [0.25, 0.3) is 0 Å². The van der Waals surface area contributed by atoms with Gasteiger partial charge in [0.1, 0.15) is 0 Å². The van der Waals surface area contributed by atoms with Gasteiger partial charge in [-0.3, -0.25) is 0 Å². The van der Waals surface area contributed by atoms with E-state index in [1.165, 1.54) is 38.2 Å². The molecule has 18 heavy (non-hydrogen) atoms. The second-order valence-corrected chi connectivity index (χ2v) is 5.08. The summed E-state index contributed by atoms with van der Waals surface area (Å²) in [5, 5.41) is 31.6. The molecule has 1 aliphatic rings. The average Bonchev–Trinajstić information content (AvgIpc) is 2.40. The third-order valence-corrected chi connectivity index (χ3v) is 3.69. The molecule has 1 saturated carbocycles. The van der Waals surface area contributed by atoms with Crippen LogP contribution in [-0.2, 0) is 6.54 Å². The van der Waals surface area contributed by atoms with Gasteiger partial charge < -0.3 is 20.6 Å². The van der Waals surface area contributed by atoms with Gasteiger partial charge in [-0.15, -0.1) is 0 Å². The van der Waals surface area contributed by atoms with E-state index in [1.807, 2.05) is 0 Å². The normalized spacial score (nSPS) is 16.9. The van der Waals surface area contributed by atoms with Crippen LogP contribution >= 0.6 is 0 Å². The van der Waals surface area contributed by atoms with Crippen molar-refractivity contribution in [2.45, 2.75) is 38.6 Å². The first-order chi connectivity index (χ1) is 8.68. The van der Waals surface area contributed by atoms with Crippen molar-refractivity contribution >= 4 is 0 Å². The summed E-state index contributed by atoms with van der Waals surface area (Å²) >= 11 is 0. The fourth-order valence-electron chi connectivity index (χ4n) is 2.56. The summed E-state index contributed by atoms with van der Waals surface area (Å²) in [4.78, 5) is 0. The van der Waals surface area contributed by atoms with Crippen LogP contribution in [-0.4, -0.2) is 21.9 Å². The van der Waals surface area contributed by atoms with E-state index in [4.69, 9.17) is 0 Å². The zero-order chi connectivity index (χ0) is 13.0. The zero-order valence-corrected chi connectivity index (χ0v) is 10.5. The van der Waals surface area contributed by atoms with E-state index in [0.29, 0.717) is 12.1 Å². The van der Waals surface area contributed by atoms with E-state index < -0.39 is 5.75 Å². The Balaban J connectivity index is 1.84. The maximum Gasteiger partial charge on any atom is 0.200 e. The second-order valence-electron chi connectivity index (χ2n) is 5.08. The number of aromatic hydroxyl groups is 3. The van der Waals surface area contributed by atoms with Gasteiger partial charge in [0, 0.05) is 12.1 Å². The van der Waals surface area contributed by atoms with Crippen molar-refractivity contribution in [1.82, 2.24) is 5.32 Å². The van der Waals surface area contributed by atoms with Gasteiger partial charge in [-0.25, -0.2) is 0 Å². The van der Waals surface area contributed by atoms with Gasteiger partial charge in [-0.05, 0) is 31.4 Å². The van der Waals surface area contributed by atoms with Gasteiger partial charge >= 0.3 is 0 Å². The molecular formula is C14H21NO3. The quantitative estimate of drug-likeness (QED) is 0.620. The molecule has 4 heteroatoms. The molecule has 1 aromatic rings. The monoisotopic (exact) mass is 251 g/mol. The molecule has 0 radical (unpaired) electrons. The molecule has 0 unspecified atom stereocenters. The van der Waals surface area contributed by atoms with Crippen LogP contribution in [0.4, 0.5) is 0 Å². The molecule has 0 spiro atoms. The van der Waals surface area contributed by atoms with Gasteiger partial charge in [-0.1, -0.05) is 25.3 Å². The van der Waals surface area contributed by atoms with E-state index in [1.54, 1.807) is 6.07 Å². The Hall–Kier alpha value is -1.42. The van der Waals surface area contributed by atoms with E-state index in [-0.39, 0.29) is 11.5 Å². The fourth-order valence-corrected chi connectivity index (χ4v) is 2.56. The topological polar surface area (TPSA) is 72.7 Å². The first kappa shape index (κ1) is 13.0. The molecule has 0 atom stereocenters. The maximum absolute atomic E-state index is 9.67. The Morgan fingerprint density at radius 2 is 1.72 bits per heavy atom. The predicted octanol–water partition coefficient (Wildman–Crippen LogP) is 2.47. The lowest BCUT2D eigenvalue weighted by Gasteiger charge is -2.22. The van der Waals surface area contributed by atoms with Crippen LogP contribution in [0.25, 0.3) is 0 Å². The van der Waals surface area contributed by atoms with Crippen LogP contribution in [0.1, 0.15) is 37.7 Å². The smallest absolute Gasteiger partial charge is 0.200 e. The largest absolute Gasteiger partial charge is 0.504 e. The number of benzene rings is 1. The molecule has 4 nitrogen and oxygen atoms in total. The second kappa shape index (κ2) is 5.96. The van der Waals surface area contributed by atoms with Crippen LogP contribution in [0.2, 0.25) is 0 Å². The fraction of sp³-hybridized carbons (Fsp3) is 0.571. The highest BCUT2D eigenvalue weighted by molar-refractivity contribution is 5.52. The number of phenols is 3. The van der Waals surface area contributed by atoms with E-state index in [2.05, 4.69) is 5.32 Å². The SMILES string of the molecule is Oc1ccc(CNCC2CCCCC2)c(O)c1O. The molecule has 0 amide bonds. The summed E-state index contributed by atoms with van der Waals surface area (Å²) in [6.07, 6.45) is 6.54. The van der Waals surface area contributed by atoms with Crippen LogP contribution in [0.3, 0.4) is 0 Å². The summed E-state index contributed by atoms with van der Waals surface area (Å²) in [5.41, 5.74) is 0.612. The minimum absolute atomic E-state index is 0.230. The third kappa shape index (κ3) is 3.07. The minimum Gasteiger partial charge on any atom is -0.504 e. The van der Waals surface area contributed by atoms with E-state index in [0.717, 1.165) is 12.5 Å². The molecule has 100 valence electrons. The Kier molecular flexibility index (Phi) is 4.31. The Labute approximate surface area is 107 Å². The lowest BCUT2D eigenvalue weighted by molar-refractivity contribution is 0.338. The van der Waals surface area contributed by atoms with E-state index >= 15 is 0 Å². The number of nitrogens with one attached hydrogen (secondary N) is 1. The maximum atomic E-state index is 9.67. The molecule has 2 rings (SSSR count). The molecule has 0 heterocycles. The average molecular weight is 251 g/mol. The van der Waals surface area contributed by atoms with Crippen molar-refractivity contribution < 1.29 is 15.3 Å². The summed E-state index contributed by atoms with van der Waals surface area (Å²) in [5.74, 6) is -0.228. The molecule has 1 aliphatic carbocycles. The number of hydrogen-bond donors (Lipinski definition) is 4. The molecular weight excluding hydrogens is 230 g/mol. The van der Waals surface area contributed by atoms with Gasteiger partial charge in [0.05, 0.1) is 0 Å². The number of rotatable bonds is 4. The standard InChI is InChI=1S/C14H21NO3/c16-12-7-6-11(13(17)14(12)18)9-15-8-10-4-2-1-3-5-10/h6-7,10,15-18H,1-5,8-9H2. The number of hydrogen-bond acceptors (Lipinski definition) is 4. The van der Waals surface area contributed by atoms with Crippen LogP contribution in [0.5, 0.6) is 17.2 Å². The summed E-state index contributed by atoms with van der Waals surface area (Å²) in [7, 11) is 0. The predicted molar refractivity (Wildman–Crippen MR) is 69.7 cm³/mol. The Bertz CT molecular complexity index is 400. The Morgan fingerprint density at radius 1 is 1.00 bits per heavy atom. The number of phenolic OH excluding ortho intramolecular Hbond substituents is 3. The third-order valence-electron chi connectivity index (χ3n) is 3.69. The van der Waals surface area contributed by atoms with Gasteiger partial charge in [0.15, 0.2) is 11.5 Å². The molecule has 0 saturated heterocycles. The lowest BCUT2D eigenvalue weighted by atomic mass is 9.89. The molecule has 1 aromatic carbocycles. The van der Waals surface area contributed by atoms with Crippen molar-refractivity contribution in [1.29, 1.82) is 0 Å². The molecule has 4 N–H and O–H groups in total. The molecule has 0 bridgehead atoms. The van der Waals surface area contributed by atoms with Crippen molar-refractivity contribution in [2.24, 2.45) is 5.92 Å². The minimum atomic E-state index is -0.438. The molecule has 1 fully saturated rings. The summed E-state index contributed by atoms with van der Waals surface area (Å²) in [6.45, 7) is 1.46.